The smallest absolute Gasteiger partial charge is 0.279 e. The molecule has 0 aliphatic carbocycles. The maximum absolute atomic E-state index is 11.7. The Bertz CT molecular complexity index is 541. The van der Waals surface area contributed by atoms with Crippen molar-refractivity contribution in [3.8, 4) is 11.5 Å². The Morgan fingerprint density at radius 2 is 1.84 bits per heavy atom. The number of ether oxygens (including phenoxy) is 2. The average Bonchev–Trinajstić information content (AvgIpc) is 2.36. The maximum atomic E-state index is 11.7. The van der Waals surface area contributed by atoms with Gasteiger partial charge in [0.15, 0.2) is 0 Å². The average molecular weight is 288 g/mol. The van der Waals surface area contributed by atoms with Gasteiger partial charge < -0.3 is 9.47 Å². The summed E-state index contributed by atoms with van der Waals surface area (Å²) in [5, 5.41) is 0. The third kappa shape index (κ3) is 3.59. The standard InChI is InChI=1S/C12H20N2O4S/c1-9-11(17-4)7-6-10(12(9)18-5)8-13-19(15,16)14(2)3/h6-7,13H,8H2,1-5H3. The second-order valence-corrected chi connectivity index (χ2v) is 6.16. The minimum atomic E-state index is -3.45. The SMILES string of the molecule is COc1ccc(CNS(=O)(=O)N(C)C)c(OC)c1C. The van der Waals surface area contributed by atoms with E-state index in [9.17, 15) is 8.42 Å². The first-order valence-electron chi connectivity index (χ1n) is 5.71. The van der Waals surface area contributed by atoms with E-state index in [2.05, 4.69) is 4.72 Å². The van der Waals surface area contributed by atoms with Crippen molar-refractivity contribution in [3.63, 3.8) is 0 Å². The summed E-state index contributed by atoms with van der Waals surface area (Å²) in [7, 11) is 2.62. The monoisotopic (exact) mass is 288 g/mol. The second-order valence-electron chi connectivity index (χ2n) is 4.19. The Morgan fingerprint density at radius 3 is 2.32 bits per heavy atom. The minimum absolute atomic E-state index is 0.161. The second kappa shape index (κ2) is 6.23. The Kier molecular flexibility index (Phi) is 5.16. The molecule has 1 aromatic carbocycles. The fourth-order valence-electron chi connectivity index (χ4n) is 1.67. The quantitative estimate of drug-likeness (QED) is 0.845. The van der Waals surface area contributed by atoms with Crippen LogP contribution >= 0.6 is 0 Å². The number of nitrogens with one attached hydrogen (secondary N) is 1. The van der Waals surface area contributed by atoms with Gasteiger partial charge in [-0.05, 0) is 13.0 Å². The van der Waals surface area contributed by atoms with Gasteiger partial charge in [0.2, 0.25) is 0 Å². The van der Waals surface area contributed by atoms with Gasteiger partial charge in [-0.1, -0.05) is 6.07 Å². The van der Waals surface area contributed by atoms with Gasteiger partial charge in [-0.15, -0.1) is 0 Å². The van der Waals surface area contributed by atoms with Gasteiger partial charge in [-0.25, -0.2) is 0 Å². The third-order valence-corrected chi connectivity index (χ3v) is 4.26. The van der Waals surface area contributed by atoms with Gasteiger partial charge in [0.1, 0.15) is 11.5 Å². The van der Waals surface area contributed by atoms with Crippen molar-refractivity contribution in [1.29, 1.82) is 0 Å². The lowest BCUT2D eigenvalue weighted by Crippen LogP contribution is -2.35. The number of hydrogen-bond acceptors (Lipinski definition) is 4. The normalized spacial score (nSPS) is 11.7. The molecule has 0 amide bonds. The molecule has 0 saturated carbocycles. The molecule has 0 aliphatic rings. The topological polar surface area (TPSA) is 67.9 Å². The highest BCUT2D eigenvalue weighted by atomic mass is 32.2. The predicted molar refractivity (Wildman–Crippen MR) is 73.7 cm³/mol. The molecule has 0 aliphatic heterocycles. The first-order valence-corrected chi connectivity index (χ1v) is 7.15. The Labute approximate surface area is 114 Å². The number of hydrogen-bond donors (Lipinski definition) is 1. The Hall–Kier alpha value is -1.31. The van der Waals surface area contributed by atoms with Crippen LogP contribution in [-0.2, 0) is 16.8 Å². The van der Waals surface area contributed by atoms with Crippen molar-refractivity contribution in [2.75, 3.05) is 28.3 Å². The molecule has 1 aromatic rings. The Balaban J connectivity index is 3.00. The summed E-state index contributed by atoms with van der Waals surface area (Å²) >= 11 is 0. The van der Waals surface area contributed by atoms with Crippen LogP contribution in [0, 0.1) is 6.92 Å². The van der Waals surface area contributed by atoms with Crippen molar-refractivity contribution in [2.24, 2.45) is 0 Å². The van der Waals surface area contributed by atoms with E-state index in [0.29, 0.717) is 11.5 Å². The van der Waals surface area contributed by atoms with Crippen LogP contribution in [0.5, 0.6) is 11.5 Å². The van der Waals surface area contributed by atoms with Crippen molar-refractivity contribution in [2.45, 2.75) is 13.5 Å². The zero-order valence-electron chi connectivity index (χ0n) is 11.9. The fraction of sp³-hybridized carbons (Fsp3) is 0.500. The maximum Gasteiger partial charge on any atom is 0.279 e. The van der Waals surface area contributed by atoms with Crippen molar-refractivity contribution in [1.82, 2.24) is 9.03 Å². The van der Waals surface area contributed by atoms with Crippen LogP contribution in [0.1, 0.15) is 11.1 Å². The van der Waals surface area contributed by atoms with Crippen molar-refractivity contribution in [3.05, 3.63) is 23.3 Å². The zero-order chi connectivity index (χ0) is 14.6. The third-order valence-electron chi connectivity index (χ3n) is 2.79. The molecule has 0 heterocycles. The number of methoxy groups -OCH3 is 2. The largest absolute Gasteiger partial charge is 0.496 e. The highest BCUT2D eigenvalue weighted by Crippen LogP contribution is 2.31. The van der Waals surface area contributed by atoms with Gasteiger partial charge in [0.05, 0.1) is 14.2 Å². The molecular formula is C12H20N2O4S. The van der Waals surface area contributed by atoms with E-state index in [1.807, 2.05) is 6.92 Å². The van der Waals surface area contributed by atoms with E-state index in [1.165, 1.54) is 14.1 Å². The first kappa shape index (κ1) is 15.7. The van der Waals surface area contributed by atoms with Gasteiger partial charge in [0, 0.05) is 31.8 Å². The fourth-order valence-corrected chi connectivity index (χ4v) is 2.27. The van der Waals surface area contributed by atoms with Crippen LogP contribution in [-0.4, -0.2) is 41.0 Å². The molecule has 0 bridgehead atoms. The number of nitrogens with zero attached hydrogens (tertiary/aromatic N) is 1. The molecule has 1 N–H and O–H groups in total. The molecular weight excluding hydrogens is 268 g/mol. The van der Waals surface area contributed by atoms with E-state index in [-0.39, 0.29) is 6.54 Å². The van der Waals surface area contributed by atoms with Crippen LogP contribution in [0.25, 0.3) is 0 Å². The van der Waals surface area contributed by atoms with E-state index in [4.69, 9.17) is 9.47 Å². The summed E-state index contributed by atoms with van der Waals surface area (Å²) in [5.41, 5.74) is 1.60. The highest BCUT2D eigenvalue weighted by molar-refractivity contribution is 7.87. The molecule has 1 rings (SSSR count). The van der Waals surface area contributed by atoms with Crippen LogP contribution in [0.2, 0.25) is 0 Å². The van der Waals surface area contributed by atoms with Crippen LogP contribution in [0.15, 0.2) is 12.1 Å². The van der Waals surface area contributed by atoms with Gasteiger partial charge in [-0.3, -0.25) is 0 Å². The van der Waals surface area contributed by atoms with Gasteiger partial charge in [0.25, 0.3) is 10.2 Å². The Morgan fingerprint density at radius 1 is 1.21 bits per heavy atom. The van der Waals surface area contributed by atoms with E-state index >= 15 is 0 Å². The molecule has 19 heavy (non-hydrogen) atoms. The van der Waals surface area contributed by atoms with Gasteiger partial charge in [-0.2, -0.15) is 17.4 Å². The molecule has 0 saturated heterocycles. The summed E-state index contributed by atoms with van der Waals surface area (Å²) in [6.45, 7) is 2.02. The van der Waals surface area contributed by atoms with E-state index < -0.39 is 10.2 Å². The predicted octanol–water partition coefficient (Wildman–Crippen LogP) is 0.908. The van der Waals surface area contributed by atoms with Crippen molar-refractivity contribution < 1.29 is 17.9 Å². The summed E-state index contributed by atoms with van der Waals surface area (Å²) in [6.07, 6.45) is 0. The van der Waals surface area contributed by atoms with E-state index in [1.54, 1.807) is 26.4 Å². The summed E-state index contributed by atoms with van der Waals surface area (Å²) < 4.78 is 37.4. The summed E-state index contributed by atoms with van der Waals surface area (Å²) in [6, 6.07) is 3.57. The van der Waals surface area contributed by atoms with Gasteiger partial charge >= 0.3 is 0 Å². The van der Waals surface area contributed by atoms with E-state index in [0.717, 1.165) is 15.4 Å². The summed E-state index contributed by atoms with van der Waals surface area (Å²) in [4.78, 5) is 0. The van der Waals surface area contributed by atoms with Crippen LogP contribution in [0.3, 0.4) is 0 Å². The zero-order valence-corrected chi connectivity index (χ0v) is 12.7. The lowest BCUT2D eigenvalue weighted by Gasteiger charge is -2.16. The van der Waals surface area contributed by atoms with Crippen molar-refractivity contribution >= 4 is 10.2 Å². The number of rotatable bonds is 6. The molecule has 0 radical (unpaired) electrons. The molecule has 7 heteroatoms. The van der Waals surface area contributed by atoms with Crippen LogP contribution in [0.4, 0.5) is 0 Å². The first-order chi connectivity index (χ1) is 8.83. The molecule has 0 atom stereocenters. The molecule has 0 unspecified atom stereocenters. The molecule has 0 aromatic heterocycles. The molecule has 6 nitrogen and oxygen atoms in total. The molecule has 0 spiro atoms. The molecule has 108 valence electrons. The minimum Gasteiger partial charge on any atom is -0.496 e. The summed E-state index contributed by atoms with van der Waals surface area (Å²) in [5.74, 6) is 1.33. The highest BCUT2D eigenvalue weighted by Gasteiger charge is 2.16. The number of benzene rings is 1. The van der Waals surface area contributed by atoms with Crippen LogP contribution < -0.4 is 14.2 Å². The lowest BCUT2D eigenvalue weighted by atomic mass is 10.1. The molecule has 0 fully saturated rings. The lowest BCUT2D eigenvalue weighted by molar-refractivity contribution is 0.385.